The maximum atomic E-state index is 13.9. The van der Waals surface area contributed by atoms with Gasteiger partial charge in [-0.15, -0.1) is 0 Å². The van der Waals surface area contributed by atoms with Crippen molar-refractivity contribution in [1.29, 1.82) is 0 Å². The average Bonchev–Trinajstić information content (AvgIpc) is 3.27. The number of carbonyl (C=O) groups is 2. The predicted molar refractivity (Wildman–Crippen MR) is 249 cm³/mol. The van der Waals surface area contributed by atoms with Crippen LogP contribution in [0.5, 0.6) is 11.5 Å². The second-order valence-corrected chi connectivity index (χ2v) is 23.2. The van der Waals surface area contributed by atoms with Crippen LogP contribution in [0.4, 0.5) is 5.69 Å². The van der Waals surface area contributed by atoms with Crippen molar-refractivity contribution in [3.63, 3.8) is 0 Å². The summed E-state index contributed by atoms with van der Waals surface area (Å²) in [4.78, 5) is 44.4. The van der Waals surface area contributed by atoms with Gasteiger partial charge in [-0.3, -0.25) is 14.5 Å². The fraction of sp³-hybridized carbons (Fsp3) is 0.420. The lowest BCUT2D eigenvalue weighted by Crippen LogP contribution is -2.53. The number of pyridine rings is 1. The Labute approximate surface area is 371 Å². The van der Waals surface area contributed by atoms with Gasteiger partial charge in [0.05, 0.1) is 18.2 Å². The summed E-state index contributed by atoms with van der Waals surface area (Å²) in [5.74, 6) is -0.0854. The van der Waals surface area contributed by atoms with Gasteiger partial charge >= 0.3 is 5.97 Å². The number of amides is 1. The third-order valence-corrected chi connectivity index (χ3v) is 17.6. The van der Waals surface area contributed by atoms with Gasteiger partial charge in [-0.05, 0) is 135 Å². The van der Waals surface area contributed by atoms with Crippen LogP contribution in [-0.2, 0) is 19.6 Å². The SMILES string of the molecule is CC(C)(C)[Si](C)(C)O[C@@H](CNCCCCCOc1ccc(C(=O)Nc2cccc(C(O)(C(=O)O[C@H]3CN4CCC3CC4)c3ccccc3)c2)cc1)c1ccc(O)c2[nH]c(=O)ccc12. The molecule has 3 aliphatic heterocycles. The highest BCUT2D eigenvalue weighted by molar-refractivity contribution is 6.74. The van der Waals surface area contributed by atoms with Crippen molar-refractivity contribution >= 4 is 36.8 Å². The zero-order valence-corrected chi connectivity index (χ0v) is 38.1. The summed E-state index contributed by atoms with van der Waals surface area (Å²) in [6.07, 6.45) is 4.13. The molecule has 2 bridgehead atoms. The Bertz CT molecular complexity index is 2410. The van der Waals surface area contributed by atoms with E-state index in [9.17, 15) is 24.6 Å². The summed E-state index contributed by atoms with van der Waals surface area (Å²) >= 11 is 0. The number of piperidine rings is 3. The number of aromatic nitrogens is 1. The van der Waals surface area contributed by atoms with E-state index in [-0.39, 0.29) is 40.4 Å². The number of nitrogens with zero attached hydrogens (tertiary/aromatic N) is 1. The van der Waals surface area contributed by atoms with Crippen LogP contribution in [-0.4, -0.2) is 85.7 Å². The lowest BCUT2D eigenvalue weighted by atomic mass is 9.84. The van der Waals surface area contributed by atoms with Gasteiger partial charge in [0.15, 0.2) is 8.32 Å². The molecule has 3 aliphatic rings. The Hall–Kier alpha value is -5.31. The van der Waals surface area contributed by atoms with Gasteiger partial charge in [0.1, 0.15) is 17.6 Å². The number of unbranched alkanes of at least 4 members (excludes halogenated alkanes) is 2. The van der Waals surface area contributed by atoms with E-state index in [0.717, 1.165) is 62.7 Å². The molecular weight excluding hydrogens is 813 g/mol. The number of carbonyl (C=O) groups excluding carboxylic acids is 2. The van der Waals surface area contributed by atoms with Crippen LogP contribution in [0.2, 0.25) is 18.1 Å². The molecule has 12 nitrogen and oxygen atoms in total. The Kier molecular flexibility index (Phi) is 14.2. The Balaban J connectivity index is 0.892. The molecule has 1 aromatic heterocycles. The third kappa shape index (κ3) is 10.7. The number of rotatable bonds is 18. The molecule has 0 saturated carbocycles. The first kappa shape index (κ1) is 45.7. The number of hydrogen-bond donors (Lipinski definition) is 5. The normalized spacial score (nSPS) is 19.0. The maximum Gasteiger partial charge on any atom is 0.348 e. The van der Waals surface area contributed by atoms with Crippen LogP contribution in [0.1, 0.15) is 86.0 Å². The maximum absolute atomic E-state index is 13.9. The first-order valence-corrected chi connectivity index (χ1v) is 25.1. The summed E-state index contributed by atoms with van der Waals surface area (Å²) in [6, 6.07) is 29.2. The van der Waals surface area contributed by atoms with Crippen molar-refractivity contribution in [2.45, 2.75) is 88.8 Å². The van der Waals surface area contributed by atoms with E-state index >= 15 is 0 Å². The van der Waals surface area contributed by atoms with E-state index < -0.39 is 19.9 Å². The molecule has 4 aromatic carbocycles. The quantitative estimate of drug-likeness (QED) is 0.0329. The van der Waals surface area contributed by atoms with Crippen LogP contribution in [0.3, 0.4) is 0 Å². The molecule has 1 amide bonds. The summed E-state index contributed by atoms with van der Waals surface area (Å²) in [7, 11) is -2.18. The van der Waals surface area contributed by atoms with Crippen molar-refractivity contribution in [3.05, 3.63) is 136 Å². The number of H-pyrrole nitrogens is 1. The number of esters is 1. The lowest BCUT2D eigenvalue weighted by Gasteiger charge is -2.44. The molecular formula is C50H62N4O8Si. The minimum Gasteiger partial charge on any atom is -0.506 e. The number of hydrogen-bond acceptors (Lipinski definition) is 10. The van der Waals surface area contributed by atoms with Gasteiger partial charge in [0, 0.05) is 41.4 Å². The number of phenolic OH excluding ortho intramolecular Hbond substituents is 1. The molecule has 3 atom stereocenters. The van der Waals surface area contributed by atoms with Crippen molar-refractivity contribution in [2.24, 2.45) is 5.92 Å². The minimum absolute atomic E-state index is 0.00382. The fourth-order valence-electron chi connectivity index (χ4n) is 8.32. The zero-order valence-electron chi connectivity index (χ0n) is 37.1. The van der Waals surface area contributed by atoms with E-state index in [0.29, 0.717) is 53.3 Å². The number of phenols is 1. The Morgan fingerprint density at radius 2 is 1.62 bits per heavy atom. The Morgan fingerprint density at radius 3 is 2.32 bits per heavy atom. The highest BCUT2D eigenvalue weighted by Crippen LogP contribution is 2.41. The highest BCUT2D eigenvalue weighted by Gasteiger charge is 2.46. The van der Waals surface area contributed by atoms with E-state index in [2.05, 4.69) is 54.4 Å². The number of aromatic amines is 1. The molecule has 0 radical (unpaired) electrons. The number of anilines is 1. The van der Waals surface area contributed by atoms with Gasteiger partial charge < -0.3 is 39.7 Å². The molecule has 3 saturated heterocycles. The summed E-state index contributed by atoms with van der Waals surface area (Å²) in [6.45, 7) is 15.6. The fourth-order valence-corrected chi connectivity index (χ4v) is 9.59. The van der Waals surface area contributed by atoms with E-state index in [1.165, 1.54) is 6.07 Å². The second-order valence-electron chi connectivity index (χ2n) is 18.5. The molecule has 4 heterocycles. The van der Waals surface area contributed by atoms with E-state index in [4.69, 9.17) is 13.9 Å². The van der Waals surface area contributed by atoms with Gasteiger partial charge in [-0.2, -0.15) is 0 Å². The molecule has 5 aromatic rings. The van der Waals surface area contributed by atoms with Crippen molar-refractivity contribution < 1.29 is 33.7 Å². The van der Waals surface area contributed by atoms with Crippen molar-refractivity contribution in [3.8, 4) is 11.5 Å². The van der Waals surface area contributed by atoms with Gasteiger partial charge in [-0.25, -0.2) is 4.79 Å². The number of nitrogens with one attached hydrogen (secondary N) is 3. The smallest absolute Gasteiger partial charge is 0.348 e. The predicted octanol–water partition coefficient (Wildman–Crippen LogP) is 8.26. The third-order valence-electron chi connectivity index (χ3n) is 13.1. The summed E-state index contributed by atoms with van der Waals surface area (Å²) < 4.78 is 19.0. The lowest BCUT2D eigenvalue weighted by molar-refractivity contribution is -0.177. The molecule has 3 fully saturated rings. The molecule has 63 heavy (non-hydrogen) atoms. The summed E-state index contributed by atoms with van der Waals surface area (Å²) in [5, 5.41) is 30.0. The van der Waals surface area contributed by atoms with E-state index in [1.807, 2.05) is 12.1 Å². The topological polar surface area (TPSA) is 162 Å². The standard InChI is InChI=1S/C50H62N4O8Si/c1-49(2,3)63(4,5)62-43(40-21-23-42(55)46-41(40)22-24-45(56)53-46)32-51-27-10-7-11-30-60-39-19-17-35(18-20-39)47(57)52-38-16-12-15-37(31-38)50(59,36-13-8-6-9-14-36)48(58)61-44-33-54-28-25-34(44)26-29-54/h6,8-9,12-24,31,34,43-44,51,55,59H,7,10-11,25-30,32-33H2,1-5H3,(H,52,57)(H,53,56)/t43-,44-,50?/m0/s1. The molecule has 0 spiro atoms. The van der Waals surface area contributed by atoms with Crippen LogP contribution in [0.15, 0.2) is 108 Å². The monoisotopic (exact) mass is 874 g/mol. The molecule has 334 valence electrons. The van der Waals surface area contributed by atoms with Crippen LogP contribution >= 0.6 is 0 Å². The number of ether oxygens (including phenoxy) is 2. The first-order valence-electron chi connectivity index (χ1n) is 22.2. The highest BCUT2D eigenvalue weighted by atomic mass is 28.4. The average molecular weight is 875 g/mol. The van der Waals surface area contributed by atoms with Crippen LogP contribution in [0, 0.1) is 5.92 Å². The number of fused-ring (bicyclic) bond motifs is 4. The molecule has 1 unspecified atom stereocenters. The molecule has 5 N–H and O–H groups in total. The number of benzene rings is 4. The van der Waals surface area contributed by atoms with Crippen molar-refractivity contribution in [2.75, 3.05) is 44.6 Å². The number of aliphatic hydroxyl groups is 1. The molecule has 13 heteroatoms. The van der Waals surface area contributed by atoms with Gasteiger partial charge in [-0.1, -0.05) is 69.3 Å². The van der Waals surface area contributed by atoms with Gasteiger partial charge in [0.25, 0.3) is 5.91 Å². The number of aromatic hydroxyl groups is 1. The van der Waals surface area contributed by atoms with E-state index in [1.54, 1.807) is 84.9 Å². The first-order chi connectivity index (χ1) is 30.1. The Morgan fingerprint density at radius 1 is 0.889 bits per heavy atom. The molecule has 0 aliphatic carbocycles. The largest absolute Gasteiger partial charge is 0.506 e. The minimum atomic E-state index is -2.18. The van der Waals surface area contributed by atoms with Crippen LogP contribution < -0.4 is 20.9 Å². The second kappa shape index (κ2) is 19.6. The van der Waals surface area contributed by atoms with Gasteiger partial charge in [0.2, 0.25) is 11.2 Å². The van der Waals surface area contributed by atoms with Crippen molar-refractivity contribution in [1.82, 2.24) is 15.2 Å². The summed E-state index contributed by atoms with van der Waals surface area (Å²) in [5.41, 5.74) is 0.564. The van der Waals surface area contributed by atoms with Crippen LogP contribution in [0.25, 0.3) is 10.9 Å². The zero-order chi connectivity index (χ0) is 44.8. The molecule has 8 rings (SSSR count).